The number of benzene rings is 2. The van der Waals surface area contributed by atoms with Gasteiger partial charge in [-0.15, -0.1) is 0 Å². The molecule has 4 aromatic rings. The molecule has 2 heterocycles. The van der Waals surface area contributed by atoms with Gasteiger partial charge in [0, 0.05) is 11.6 Å². The van der Waals surface area contributed by atoms with Crippen LogP contribution in [-0.4, -0.2) is 5.97 Å². The number of carbonyl (C=O) groups is 1. The number of carbonyl (C=O) groups excluding carboxylic acids is 1. The fraction of sp³-hybridized carbons (Fsp3) is 0.0833. The number of esters is 1. The lowest BCUT2D eigenvalue weighted by Gasteiger charge is -2.10. The topological polar surface area (TPSA) is 69.7 Å². The molecule has 0 spiro atoms. The van der Waals surface area contributed by atoms with Gasteiger partial charge in [0.2, 0.25) is 11.2 Å². The van der Waals surface area contributed by atoms with Crippen molar-refractivity contribution in [1.29, 1.82) is 0 Å². The van der Waals surface area contributed by atoms with Crippen LogP contribution in [-0.2, 0) is 11.2 Å². The summed E-state index contributed by atoms with van der Waals surface area (Å²) in [5.74, 6) is -0.113. The summed E-state index contributed by atoms with van der Waals surface area (Å²) in [7, 11) is 0. The van der Waals surface area contributed by atoms with E-state index < -0.39 is 5.97 Å². The number of hydrogen-bond donors (Lipinski definition) is 0. The van der Waals surface area contributed by atoms with E-state index in [4.69, 9.17) is 13.6 Å². The highest BCUT2D eigenvalue weighted by Gasteiger charge is 2.20. The molecule has 0 aliphatic rings. The van der Waals surface area contributed by atoms with Crippen LogP contribution in [0.1, 0.15) is 18.2 Å². The van der Waals surface area contributed by atoms with Crippen molar-refractivity contribution in [1.82, 2.24) is 0 Å². The van der Waals surface area contributed by atoms with E-state index in [2.05, 4.69) is 0 Å². The van der Waals surface area contributed by atoms with E-state index in [1.165, 1.54) is 18.4 Å². The van der Waals surface area contributed by atoms with Crippen molar-refractivity contribution in [2.75, 3.05) is 0 Å². The minimum Gasteiger partial charge on any atom is -0.465 e. The summed E-state index contributed by atoms with van der Waals surface area (Å²) < 4.78 is 16.6. The largest absolute Gasteiger partial charge is 0.465 e. The first-order valence-electron chi connectivity index (χ1n) is 9.24. The Morgan fingerprint density at radius 2 is 1.90 bits per heavy atom. The number of ether oxygens (including phenoxy) is 1. The Hall–Kier alpha value is -3.86. The van der Waals surface area contributed by atoms with Gasteiger partial charge < -0.3 is 13.6 Å². The minimum absolute atomic E-state index is 0.133. The molecule has 29 heavy (non-hydrogen) atoms. The summed E-state index contributed by atoms with van der Waals surface area (Å²) in [5, 5.41) is 0.377. The molecular weight excluding hydrogens is 368 g/mol. The third-order valence-electron chi connectivity index (χ3n) is 4.49. The van der Waals surface area contributed by atoms with Gasteiger partial charge in [0.05, 0.1) is 11.6 Å². The van der Waals surface area contributed by atoms with E-state index in [1.54, 1.807) is 36.4 Å². The number of aryl methyl sites for hydroxylation is 1. The fourth-order valence-electron chi connectivity index (χ4n) is 2.99. The molecule has 0 fully saturated rings. The zero-order valence-corrected chi connectivity index (χ0v) is 15.8. The molecule has 5 nitrogen and oxygen atoms in total. The van der Waals surface area contributed by atoms with Gasteiger partial charge in [-0.3, -0.25) is 4.79 Å². The monoisotopic (exact) mass is 386 g/mol. The van der Waals surface area contributed by atoms with E-state index in [0.717, 1.165) is 12.0 Å². The van der Waals surface area contributed by atoms with Crippen molar-refractivity contribution in [3.63, 3.8) is 0 Å². The zero-order valence-electron chi connectivity index (χ0n) is 15.8. The van der Waals surface area contributed by atoms with Gasteiger partial charge in [0.1, 0.15) is 11.3 Å². The molecule has 0 N–H and O–H groups in total. The highest BCUT2D eigenvalue weighted by molar-refractivity contribution is 5.90. The summed E-state index contributed by atoms with van der Waals surface area (Å²) in [6.07, 6.45) is 4.96. The van der Waals surface area contributed by atoms with Crippen LogP contribution in [0.2, 0.25) is 0 Å². The lowest BCUT2D eigenvalue weighted by atomic mass is 10.1. The summed E-state index contributed by atoms with van der Waals surface area (Å²) in [5.41, 5.74) is 1.69. The maximum atomic E-state index is 13.2. The SMILES string of the molecule is CCc1ccc2oc(-c3ccccc3)c(OC(=O)/C=C/c3ccco3)c(=O)c2c1. The molecule has 2 aromatic heterocycles. The van der Waals surface area contributed by atoms with E-state index in [-0.39, 0.29) is 16.9 Å². The normalized spacial score (nSPS) is 11.2. The Labute approximate surface area is 166 Å². The third kappa shape index (κ3) is 3.89. The van der Waals surface area contributed by atoms with E-state index in [9.17, 15) is 9.59 Å². The Morgan fingerprint density at radius 1 is 1.07 bits per heavy atom. The third-order valence-corrected chi connectivity index (χ3v) is 4.49. The van der Waals surface area contributed by atoms with Crippen LogP contribution in [0.25, 0.3) is 28.4 Å². The molecule has 4 rings (SSSR count). The minimum atomic E-state index is -0.697. The van der Waals surface area contributed by atoms with E-state index in [0.29, 0.717) is 22.3 Å². The second kappa shape index (κ2) is 8.02. The van der Waals surface area contributed by atoms with Gasteiger partial charge in [-0.1, -0.05) is 43.3 Å². The number of furan rings is 1. The van der Waals surface area contributed by atoms with Gasteiger partial charge in [-0.05, 0) is 42.3 Å². The highest BCUT2D eigenvalue weighted by atomic mass is 16.5. The second-order valence-electron chi connectivity index (χ2n) is 6.41. The standard InChI is InChI=1S/C24H18O5/c1-2-16-10-12-20-19(15-16)22(26)24(23(28-20)17-7-4-3-5-8-17)29-21(25)13-11-18-9-6-14-27-18/h3-15H,2H2,1H3/b13-11+. The molecule has 0 saturated heterocycles. The quantitative estimate of drug-likeness (QED) is 0.347. The van der Waals surface area contributed by atoms with Crippen LogP contribution in [0.4, 0.5) is 0 Å². The van der Waals surface area contributed by atoms with Crippen LogP contribution in [0, 0.1) is 0 Å². The van der Waals surface area contributed by atoms with Gasteiger partial charge in [0.25, 0.3) is 0 Å². The Kier molecular flexibility index (Phi) is 5.12. The molecule has 0 unspecified atom stereocenters. The van der Waals surface area contributed by atoms with Crippen molar-refractivity contribution in [3.8, 4) is 17.1 Å². The maximum Gasteiger partial charge on any atom is 0.336 e. The van der Waals surface area contributed by atoms with Gasteiger partial charge in [0.15, 0.2) is 5.76 Å². The van der Waals surface area contributed by atoms with Gasteiger partial charge >= 0.3 is 5.97 Å². The molecule has 0 radical (unpaired) electrons. The van der Waals surface area contributed by atoms with Crippen molar-refractivity contribution in [2.45, 2.75) is 13.3 Å². The van der Waals surface area contributed by atoms with E-state index in [1.807, 2.05) is 31.2 Å². The molecular formula is C24H18O5. The Balaban J connectivity index is 1.82. The van der Waals surface area contributed by atoms with Crippen LogP contribution >= 0.6 is 0 Å². The first-order valence-corrected chi connectivity index (χ1v) is 9.24. The second-order valence-corrected chi connectivity index (χ2v) is 6.41. The predicted octanol–water partition coefficient (Wildman–Crippen LogP) is 5.23. The van der Waals surface area contributed by atoms with Crippen molar-refractivity contribution < 1.29 is 18.4 Å². The van der Waals surface area contributed by atoms with Crippen molar-refractivity contribution >= 4 is 23.0 Å². The lowest BCUT2D eigenvalue weighted by Crippen LogP contribution is -2.14. The molecule has 0 aliphatic heterocycles. The number of rotatable bonds is 5. The van der Waals surface area contributed by atoms with E-state index >= 15 is 0 Å². The van der Waals surface area contributed by atoms with Gasteiger partial charge in [-0.25, -0.2) is 4.79 Å². The highest BCUT2D eigenvalue weighted by Crippen LogP contribution is 2.31. The van der Waals surface area contributed by atoms with Crippen molar-refractivity contribution in [3.05, 3.63) is 94.5 Å². The summed E-state index contributed by atoms with van der Waals surface area (Å²) in [6, 6.07) is 17.9. The molecule has 5 heteroatoms. The fourth-order valence-corrected chi connectivity index (χ4v) is 2.99. The molecule has 0 aliphatic carbocycles. The molecule has 0 bridgehead atoms. The average Bonchev–Trinajstić information content (AvgIpc) is 3.28. The molecule has 0 saturated carbocycles. The van der Waals surface area contributed by atoms with Gasteiger partial charge in [-0.2, -0.15) is 0 Å². The van der Waals surface area contributed by atoms with Crippen molar-refractivity contribution in [2.24, 2.45) is 0 Å². The molecule has 2 aromatic carbocycles. The van der Waals surface area contributed by atoms with Crippen LogP contribution < -0.4 is 10.2 Å². The molecule has 0 atom stereocenters. The maximum absolute atomic E-state index is 13.2. The summed E-state index contributed by atoms with van der Waals surface area (Å²) in [4.78, 5) is 25.6. The van der Waals surface area contributed by atoms with Crippen LogP contribution in [0.5, 0.6) is 5.75 Å². The number of fused-ring (bicyclic) bond motifs is 1. The average molecular weight is 386 g/mol. The predicted molar refractivity (Wildman–Crippen MR) is 111 cm³/mol. The molecule has 144 valence electrons. The first-order chi connectivity index (χ1) is 14.2. The molecule has 0 amide bonds. The summed E-state index contributed by atoms with van der Waals surface area (Å²) >= 11 is 0. The number of hydrogen-bond acceptors (Lipinski definition) is 5. The van der Waals surface area contributed by atoms with Crippen LogP contribution in [0.3, 0.4) is 0 Å². The summed E-state index contributed by atoms with van der Waals surface area (Å²) in [6.45, 7) is 2.00. The lowest BCUT2D eigenvalue weighted by molar-refractivity contribution is -0.129. The van der Waals surface area contributed by atoms with Crippen LogP contribution in [0.15, 0.2) is 86.6 Å². The Morgan fingerprint density at radius 3 is 2.62 bits per heavy atom. The smallest absolute Gasteiger partial charge is 0.336 e. The first kappa shape index (κ1) is 18.5. The zero-order chi connectivity index (χ0) is 20.2. The Bertz CT molecular complexity index is 1230.